The van der Waals surface area contributed by atoms with Crippen molar-refractivity contribution >= 4 is 5.52 Å². The van der Waals surface area contributed by atoms with Gasteiger partial charge in [0.15, 0.2) is 0 Å². The van der Waals surface area contributed by atoms with Gasteiger partial charge in [0.2, 0.25) is 0 Å². The third kappa shape index (κ3) is 1.78. The van der Waals surface area contributed by atoms with E-state index >= 15 is 0 Å². The van der Waals surface area contributed by atoms with Crippen molar-refractivity contribution in [3.05, 3.63) is 54.6 Å². The molecule has 0 atom stereocenters. The maximum absolute atomic E-state index is 4.43. The van der Waals surface area contributed by atoms with Crippen molar-refractivity contribution in [1.82, 2.24) is 14.6 Å². The van der Waals surface area contributed by atoms with Gasteiger partial charge in [-0.25, -0.2) is 4.52 Å². The number of nitrogens with zero attached hydrogens (tertiary/aromatic N) is 3. The summed E-state index contributed by atoms with van der Waals surface area (Å²) in [5.74, 6) is 0.495. The Kier molecular flexibility index (Phi) is 2.59. The number of aromatic nitrogens is 3. The molecule has 0 spiro atoms. The van der Waals surface area contributed by atoms with Crippen LogP contribution in [0.4, 0.5) is 0 Å². The molecule has 0 saturated carbocycles. The first-order valence-electron chi connectivity index (χ1n) is 6.13. The molecule has 3 heterocycles. The SMILES string of the molecule is CC(C)c1cnn2cc(-c3ccncc3)ccc12. The van der Waals surface area contributed by atoms with E-state index in [1.54, 1.807) is 0 Å². The Hall–Kier alpha value is -2.16. The standard InChI is InChI=1S/C15H15N3/c1-11(2)14-9-17-18-10-13(3-4-15(14)18)12-5-7-16-8-6-12/h3-11H,1-2H3. The van der Waals surface area contributed by atoms with Crippen LogP contribution in [0.1, 0.15) is 25.3 Å². The lowest BCUT2D eigenvalue weighted by Gasteiger charge is -2.04. The van der Waals surface area contributed by atoms with Gasteiger partial charge in [-0.05, 0) is 29.7 Å². The first-order chi connectivity index (χ1) is 8.75. The fraction of sp³-hybridized carbons (Fsp3) is 0.200. The Morgan fingerprint density at radius 3 is 2.50 bits per heavy atom. The molecule has 0 radical (unpaired) electrons. The third-order valence-corrected chi connectivity index (χ3v) is 3.18. The average molecular weight is 237 g/mol. The first-order valence-corrected chi connectivity index (χ1v) is 6.13. The molecule has 0 unspecified atom stereocenters. The molecule has 0 N–H and O–H groups in total. The first kappa shape index (κ1) is 11.0. The predicted octanol–water partition coefficient (Wildman–Crippen LogP) is 3.52. The maximum Gasteiger partial charge on any atom is 0.0696 e. The molecule has 18 heavy (non-hydrogen) atoms. The molecule has 0 aromatic carbocycles. The summed E-state index contributed by atoms with van der Waals surface area (Å²) in [6, 6.07) is 8.29. The number of hydrogen-bond donors (Lipinski definition) is 0. The summed E-state index contributed by atoms with van der Waals surface area (Å²) in [6.45, 7) is 4.38. The van der Waals surface area contributed by atoms with E-state index in [1.165, 1.54) is 11.1 Å². The minimum atomic E-state index is 0.495. The molecule has 0 bridgehead atoms. The summed E-state index contributed by atoms with van der Waals surface area (Å²) in [7, 11) is 0. The van der Waals surface area contributed by atoms with Crippen LogP contribution in [-0.2, 0) is 0 Å². The number of hydrogen-bond acceptors (Lipinski definition) is 2. The van der Waals surface area contributed by atoms with Gasteiger partial charge in [0.25, 0.3) is 0 Å². The van der Waals surface area contributed by atoms with E-state index in [4.69, 9.17) is 0 Å². The monoisotopic (exact) mass is 237 g/mol. The van der Waals surface area contributed by atoms with Crippen LogP contribution in [0.3, 0.4) is 0 Å². The maximum atomic E-state index is 4.43. The second-order valence-corrected chi connectivity index (χ2v) is 4.74. The predicted molar refractivity (Wildman–Crippen MR) is 72.5 cm³/mol. The summed E-state index contributed by atoms with van der Waals surface area (Å²) in [4.78, 5) is 4.04. The second kappa shape index (κ2) is 4.26. The highest BCUT2D eigenvalue weighted by Crippen LogP contribution is 2.24. The second-order valence-electron chi connectivity index (χ2n) is 4.74. The summed E-state index contributed by atoms with van der Waals surface area (Å²) in [5, 5.41) is 4.43. The molecule has 3 nitrogen and oxygen atoms in total. The molecular formula is C15H15N3. The van der Waals surface area contributed by atoms with E-state index in [0.29, 0.717) is 5.92 Å². The number of pyridine rings is 2. The number of fused-ring (bicyclic) bond motifs is 1. The zero-order valence-corrected chi connectivity index (χ0v) is 10.5. The lowest BCUT2D eigenvalue weighted by Crippen LogP contribution is -1.90. The van der Waals surface area contributed by atoms with Crippen LogP contribution in [0.25, 0.3) is 16.6 Å². The van der Waals surface area contributed by atoms with Gasteiger partial charge >= 0.3 is 0 Å². The van der Waals surface area contributed by atoms with Gasteiger partial charge in [-0.15, -0.1) is 0 Å². The summed E-state index contributed by atoms with van der Waals surface area (Å²) in [6.07, 6.45) is 7.64. The van der Waals surface area contributed by atoms with Crippen LogP contribution in [-0.4, -0.2) is 14.6 Å². The Morgan fingerprint density at radius 1 is 1.00 bits per heavy atom. The molecule has 3 aromatic heterocycles. The normalized spacial score (nSPS) is 11.3. The fourth-order valence-electron chi connectivity index (χ4n) is 2.16. The van der Waals surface area contributed by atoms with Crippen molar-refractivity contribution in [2.45, 2.75) is 19.8 Å². The topological polar surface area (TPSA) is 30.2 Å². The molecule has 90 valence electrons. The van der Waals surface area contributed by atoms with Gasteiger partial charge in [-0.2, -0.15) is 5.10 Å². The Labute approximate surface area is 106 Å². The van der Waals surface area contributed by atoms with Gasteiger partial charge in [-0.3, -0.25) is 4.98 Å². The molecule has 0 fully saturated rings. The van der Waals surface area contributed by atoms with Crippen molar-refractivity contribution in [1.29, 1.82) is 0 Å². The molecule has 3 rings (SSSR count). The largest absolute Gasteiger partial charge is 0.265 e. The van der Waals surface area contributed by atoms with Crippen LogP contribution >= 0.6 is 0 Å². The summed E-state index contributed by atoms with van der Waals surface area (Å²) < 4.78 is 1.95. The zero-order chi connectivity index (χ0) is 12.5. The Morgan fingerprint density at radius 2 is 1.78 bits per heavy atom. The van der Waals surface area contributed by atoms with Crippen molar-refractivity contribution in [3.63, 3.8) is 0 Å². The molecule has 0 saturated heterocycles. The summed E-state index contributed by atoms with van der Waals surface area (Å²) >= 11 is 0. The smallest absolute Gasteiger partial charge is 0.0696 e. The molecule has 3 aromatic rings. The zero-order valence-electron chi connectivity index (χ0n) is 10.5. The highest BCUT2D eigenvalue weighted by atomic mass is 15.2. The highest BCUT2D eigenvalue weighted by molar-refractivity contribution is 5.66. The third-order valence-electron chi connectivity index (χ3n) is 3.18. The molecule has 0 aliphatic carbocycles. The van der Waals surface area contributed by atoms with Gasteiger partial charge < -0.3 is 0 Å². The highest BCUT2D eigenvalue weighted by Gasteiger charge is 2.08. The Bertz CT molecular complexity index is 669. The van der Waals surface area contributed by atoms with E-state index in [2.05, 4.69) is 42.3 Å². The van der Waals surface area contributed by atoms with Crippen LogP contribution in [0, 0.1) is 0 Å². The van der Waals surface area contributed by atoms with E-state index in [9.17, 15) is 0 Å². The fourth-order valence-corrected chi connectivity index (χ4v) is 2.16. The van der Waals surface area contributed by atoms with Crippen molar-refractivity contribution < 1.29 is 0 Å². The van der Waals surface area contributed by atoms with E-state index in [0.717, 1.165) is 11.1 Å². The van der Waals surface area contributed by atoms with Crippen LogP contribution in [0.2, 0.25) is 0 Å². The molecule has 0 aliphatic heterocycles. The van der Waals surface area contributed by atoms with Crippen LogP contribution in [0.15, 0.2) is 49.1 Å². The van der Waals surface area contributed by atoms with E-state index < -0.39 is 0 Å². The summed E-state index contributed by atoms with van der Waals surface area (Å²) in [5.41, 5.74) is 4.79. The minimum absolute atomic E-state index is 0.495. The average Bonchev–Trinajstić information content (AvgIpc) is 2.82. The van der Waals surface area contributed by atoms with Crippen LogP contribution in [0.5, 0.6) is 0 Å². The quantitative estimate of drug-likeness (QED) is 0.682. The van der Waals surface area contributed by atoms with Gasteiger partial charge in [0, 0.05) is 29.7 Å². The minimum Gasteiger partial charge on any atom is -0.265 e. The van der Waals surface area contributed by atoms with E-state index in [-0.39, 0.29) is 0 Å². The molecular weight excluding hydrogens is 222 g/mol. The van der Waals surface area contributed by atoms with Crippen LogP contribution < -0.4 is 0 Å². The van der Waals surface area contributed by atoms with Crippen molar-refractivity contribution in [3.8, 4) is 11.1 Å². The number of rotatable bonds is 2. The molecule has 0 amide bonds. The molecule has 0 aliphatic rings. The Balaban J connectivity index is 2.13. The van der Waals surface area contributed by atoms with Gasteiger partial charge in [-0.1, -0.05) is 19.9 Å². The lowest BCUT2D eigenvalue weighted by atomic mass is 10.0. The van der Waals surface area contributed by atoms with Crippen molar-refractivity contribution in [2.75, 3.05) is 0 Å². The molecule has 3 heteroatoms. The van der Waals surface area contributed by atoms with Gasteiger partial charge in [0.05, 0.1) is 11.7 Å². The lowest BCUT2D eigenvalue weighted by molar-refractivity contribution is 0.875. The van der Waals surface area contributed by atoms with Crippen molar-refractivity contribution in [2.24, 2.45) is 0 Å². The van der Waals surface area contributed by atoms with E-state index in [1.807, 2.05) is 35.2 Å². The van der Waals surface area contributed by atoms with Gasteiger partial charge in [0.1, 0.15) is 0 Å².